The Morgan fingerprint density at radius 3 is 2.88 bits per heavy atom. The zero-order chi connectivity index (χ0) is 18.0. The van der Waals surface area contributed by atoms with Gasteiger partial charge in [-0.3, -0.25) is 10.3 Å². The van der Waals surface area contributed by atoms with Gasteiger partial charge in [-0.2, -0.15) is 0 Å². The lowest BCUT2D eigenvalue weighted by Gasteiger charge is -2.42. The maximum Gasteiger partial charge on any atom is 0.323 e. The summed E-state index contributed by atoms with van der Waals surface area (Å²) in [5.74, 6) is 0.202. The third-order valence-electron chi connectivity index (χ3n) is 4.66. The molecule has 0 spiro atoms. The average Bonchev–Trinajstić information content (AvgIpc) is 3.03. The Hall–Kier alpha value is -1.99. The molecule has 2 aromatic rings. The highest BCUT2D eigenvalue weighted by molar-refractivity contribution is 7.14. The minimum atomic E-state index is -0.498. The van der Waals surface area contributed by atoms with E-state index in [9.17, 15) is 9.90 Å². The summed E-state index contributed by atoms with van der Waals surface area (Å²) < 4.78 is 0. The highest BCUT2D eigenvalue weighted by Gasteiger charge is 2.37. The van der Waals surface area contributed by atoms with Crippen LogP contribution in [0.2, 0.25) is 0 Å². The molecule has 1 fully saturated rings. The Labute approximate surface area is 151 Å². The molecule has 25 heavy (non-hydrogen) atoms. The number of carbonyl (C=O) groups is 1. The van der Waals surface area contributed by atoms with E-state index in [0.717, 1.165) is 17.7 Å². The smallest absolute Gasteiger partial charge is 0.323 e. The summed E-state index contributed by atoms with van der Waals surface area (Å²) in [6.07, 6.45) is 3.76. The lowest BCUT2D eigenvalue weighted by molar-refractivity contribution is -0.0108. The van der Waals surface area contributed by atoms with Gasteiger partial charge in [0.2, 0.25) is 0 Å². The summed E-state index contributed by atoms with van der Waals surface area (Å²) >= 11 is 1.38. The van der Waals surface area contributed by atoms with E-state index in [4.69, 9.17) is 0 Å². The number of aliphatic hydroxyl groups is 1. The number of hydrogen-bond acceptors (Lipinski definition) is 5. The van der Waals surface area contributed by atoms with Gasteiger partial charge in [0, 0.05) is 36.4 Å². The van der Waals surface area contributed by atoms with Crippen molar-refractivity contribution < 1.29 is 9.90 Å². The largest absolute Gasteiger partial charge is 0.391 e. The molecule has 2 N–H and O–H groups in total. The van der Waals surface area contributed by atoms with Crippen molar-refractivity contribution in [1.29, 1.82) is 0 Å². The van der Waals surface area contributed by atoms with E-state index in [2.05, 4.69) is 36.1 Å². The number of aromatic nitrogens is 2. The fourth-order valence-electron chi connectivity index (χ4n) is 3.27. The maximum absolute atomic E-state index is 12.5. The van der Waals surface area contributed by atoms with Crippen molar-refractivity contribution in [2.75, 3.05) is 18.4 Å². The van der Waals surface area contributed by atoms with Gasteiger partial charge in [-0.1, -0.05) is 20.8 Å². The molecular formula is C18H24N4O2S. The van der Waals surface area contributed by atoms with E-state index in [1.165, 1.54) is 11.3 Å². The number of rotatable bonds is 2. The molecule has 3 rings (SSSR count). The van der Waals surface area contributed by atoms with Crippen LogP contribution in [0.4, 0.5) is 9.93 Å². The standard InChI is InChI=1S/C18H24N4O2S/c1-18(2,3)13-6-8-22(10-15(13)23)17(24)21-16-20-14(11-25-16)12-5-4-7-19-9-12/h4-5,7,9,11,13,15,23H,6,8,10H2,1-3H3,(H,20,21,24)/t13-,15+/m0/s1. The van der Waals surface area contributed by atoms with E-state index in [1.807, 2.05) is 17.5 Å². The monoisotopic (exact) mass is 360 g/mol. The fourth-order valence-corrected chi connectivity index (χ4v) is 3.98. The van der Waals surface area contributed by atoms with Gasteiger partial charge in [0.05, 0.1) is 11.8 Å². The van der Waals surface area contributed by atoms with Gasteiger partial charge in [0.15, 0.2) is 5.13 Å². The van der Waals surface area contributed by atoms with Crippen LogP contribution in [0.3, 0.4) is 0 Å². The Morgan fingerprint density at radius 2 is 2.24 bits per heavy atom. The summed E-state index contributed by atoms with van der Waals surface area (Å²) in [6, 6.07) is 3.58. The van der Waals surface area contributed by atoms with Crippen molar-refractivity contribution in [2.24, 2.45) is 11.3 Å². The number of urea groups is 1. The van der Waals surface area contributed by atoms with Crippen molar-refractivity contribution >= 4 is 22.5 Å². The van der Waals surface area contributed by atoms with Crippen LogP contribution in [0.5, 0.6) is 0 Å². The van der Waals surface area contributed by atoms with Crippen LogP contribution in [0.15, 0.2) is 29.9 Å². The summed E-state index contributed by atoms with van der Waals surface area (Å²) in [4.78, 5) is 22.7. The number of anilines is 1. The second kappa shape index (κ2) is 7.09. The molecule has 6 nitrogen and oxygen atoms in total. The first-order chi connectivity index (χ1) is 11.8. The van der Waals surface area contributed by atoms with Crippen molar-refractivity contribution in [1.82, 2.24) is 14.9 Å². The molecule has 134 valence electrons. The SMILES string of the molecule is CC(C)(C)[C@H]1CCN(C(=O)Nc2nc(-c3cccnc3)cs2)C[C@H]1O. The molecule has 1 saturated heterocycles. The zero-order valence-corrected chi connectivity index (χ0v) is 15.6. The van der Waals surface area contributed by atoms with Crippen LogP contribution in [-0.4, -0.2) is 45.2 Å². The van der Waals surface area contributed by atoms with Crippen LogP contribution in [0.25, 0.3) is 11.3 Å². The molecule has 0 radical (unpaired) electrons. The van der Waals surface area contributed by atoms with Gasteiger partial charge in [-0.15, -0.1) is 11.3 Å². The second-order valence-electron chi connectivity index (χ2n) is 7.48. The van der Waals surface area contributed by atoms with Crippen molar-refractivity contribution in [3.8, 4) is 11.3 Å². The highest BCUT2D eigenvalue weighted by Crippen LogP contribution is 2.34. The maximum atomic E-state index is 12.5. The van der Waals surface area contributed by atoms with E-state index < -0.39 is 6.10 Å². The molecular weight excluding hydrogens is 336 g/mol. The summed E-state index contributed by atoms with van der Waals surface area (Å²) in [5.41, 5.74) is 1.75. The topological polar surface area (TPSA) is 78.4 Å². The number of β-amino-alcohol motifs (C(OH)–C–C–N with tert-alkyl or cyclic N) is 1. The molecule has 0 bridgehead atoms. The van der Waals surface area contributed by atoms with Gasteiger partial charge in [0.25, 0.3) is 0 Å². The first-order valence-electron chi connectivity index (χ1n) is 8.44. The molecule has 2 atom stereocenters. The minimum absolute atomic E-state index is 0.0376. The summed E-state index contributed by atoms with van der Waals surface area (Å²) in [5, 5.41) is 15.7. The first kappa shape index (κ1) is 17.8. The number of carbonyl (C=O) groups excluding carboxylic acids is 1. The van der Waals surface area contributed by atoms with Gasteiger partial charge in [-0.25, -0.2) is 9.78 Å². The van der Waals surface area contributed by atoms with E-state index in [0.29, 0.717) is 18.2 Å². The highest BCUT2D eigenvalue weighted by atomic mass is 32.1. The fraction of sp³-hybridized carbons (Fsp3) is 0.500. The van der Waals surface area contributed by atoms with Crippen LogP contribution >= 0.6 is 11.3 Å². The molecule has 1 aliphatic heterocycles. The molecule has 2 aromatic heterocycles. The van der Waals surface area contributed by atoms with Crippen molar-refractivity contribution in [3.63, 3.8) is 0 Å². The quantitative estimate of drug-likeness (QED) is 0.860. The zero-order valence-electron chi connectivity index (χ0n) is 14.8. The summed E-state index contributed by atoms with van der Waals surface area (Å²) in [6.45, 7) is 7.39. The Morgan fingerprint density at radius 1 is 1.44 bits per heavy atom. The van der Waals surface area contributed by atoms with Gasteiger partial charge in [-0.05, 0) is 29.9 Å². The Kier molecular flexibility index (Phi) is 5.06. The molecule has 0 aromatic carbocycles. The normalized spacial score (nSPS) is 21.2. The van der Waals surface area contributed by atoms with Crippen LogP contribution in [0, 0.1) is 11.3 Å². The lowest BCUT2D eigenvalue weighted by atomic mass is 9.74. The van der Waals surface area contributed by atoms with Crippen molar-refractivity contribution in [3.05, 3.63) is 29.9 Å². The number of nitrogens with zero attached hydrogens (tertiary/aromatic N) is 3. The second-order valence-corrected chi connectivity index (χ2v) is 8.34. The molecule has 0 aliphatic carbocycles. The molecule has 2 amide bonds. The number of likely N-dealkylation sites (tertiary alicyclic amines) is 1. The lowest BCUT2D eigenvalue weighted by Crippen LogP contribution is -2.51. The molecule has 1 aliphatic rings. The number of hydrogen-bond donors (Lipinski definition) is 2. The van der Waals surface area contributed by atoms with E-state index >= 15 is 0 Å². The van der Waals surface area contributed by atoms with Crippen molar-refractivity contribution in [2.45, 2.75) is 33.3 Å². The van der Waals surface area contributed by atoms with E-state index in [1.54, 1.807) is 17.3 Å². The molecule has 0 unspecified atom stereocenters. The van der Waals surface area contributed by atoms with Crippen LogP contribution in [-0.2, 0) is 0 Å². The summed E-state index contributed by atoms with van der Waals surface area (Å²) in [7, 11) is 0. The Balaban J connectivity index is 1.61. The molecule has 0 saturated carbocycles. The number of pyridine rings is 1. The predicted molar refractivity (Wildman–Crippen MR) is 99.5 cm³/mol. The Bertz CT molecular complexity index is 726. The third kappa shape index (κ3) is 4.16. The van der Waals surface area contributed by atoms with Crippen LogP contribution < -0.4 is 5.32 Å². The number of piperidine rings is 1. The van der Waals surface area contributed by atoms with E-state index in [-0.39, 0.29) is 17.4 Å². The van der Waals surface area contributed by atoms with Gasteiger partial charge >= 0.3 is 6.03 Å². The molecule has 3 heterocycles. The number of thiazole rings is 1. The van der Waals surface area contributed by atoms with Gasteiger partial charge < -0.3 is 10.0 Å². The predicted octanol–water partition coefficient (Wildman–Crippen LogP) is 3.47. The number of amides is 2. The third-order valence-corrected chi connectivity index (χ3v) is 5.41. The number of aliphatic hydroxyl groups excluding tert-OH is 1. The minimum Gasteiger partial charge on any atom is -0.391 e. The first-order valence-corrected chi connectivity index (χ1v) is 9.32. The van der Waals surface area contributed by atoms with Gasteiger partial charge in [0.1, 0.15) is 0 Å². The molecule has 7 heteroatoms. The number of nitrogens with one attached hydrogen (secondary N) is 1. The van der Waals surface area contributed by atoms with Crippen LogP contribution in [0.1, 0.15) is 27.2 Å². The average molecular weight is 360 g/mol.